The first-order chi connectivity index (χ1) is 11.4. The van der Waals surface area contributed by atoms with E-state index in [9.17, 15) is 4.57 Å². The van der Waals surface area contributed by atoms with Gasteiger partial charge in [0.25, 0.3) is 0 Å². The van der Waals surface area contributed by atoms with Gasteiger partial charge in [-0.3, -0.25) is 4.57 Å². The third-order valence-electron chi connectivity index (χ3n) is 3.23. The van der Waals surface area contributed by atoms with E-state index in [0.717, 1.165) is 12.8 Å². The lowest BCUT2D eigenvalue weighted by Crippen LogP contribution is -2.05. The van der Waals surface area contributed by atoms with Crippen molar-refractivity contribution in [1.82, 2.24) is 0 Å². The maximum absolute atomic E-state index is 12.4. The van der Waals surface area contributed by atoms with Gasteiger partial charge in [0.2, 0.25) is 8.03 Å². The molecule has 0 bridgehead atoms. The normalized spacial score (nSPS) is 11.6. The van der Waals surface area contributed by atoms with E-state index >= 15 is 0 Å². The van der Waals surface area contributed by atoms with Gasteiger partial charge in [-0.2, -0.15) is 0 Å². The maximum Gasteiger partial charge on any atom is 0.220 e. The average molecular weight is 350 g/mol. The zero-order valence-corrected chi connectivity index (χ0v) is 15.8. The molecule has 0 aliphatic rings. The Morgan fingerprint density at radius 2 is 1.88 bits per heavy atom. The van der Waals surface area contributed by atoms with E-state index < -0.39 is 8.03 Å². The standard InChI is InChI=1S/C19H27O4P/c1-7-9-10-22-24(20)19-12-17(11-18(13-19)21-8-2)16(6)23-15(5)14(3)4/h11-13,24H,3,5-10H2,1-2,4H3. The first kappa shape index (κ1) is 20.3. The number of benzene rings is 1. The molecule has 0 saturated heterocycles. The van der Waals surface area contributed by atoms with Crippen LogP contribution in [-0.2, 0) is 13.8 Å². The first-order valence-electron chi connectivity index (χ1n) is 8.05. The van der Waals surface area contributed by atoms with Crippen molar-refractivity contribution >= 4 is 19.1 Å². The Morgan fingerprint density at radius 3 is 2.46 bits per heavy atom. The highest BCUT2D eigenvalue weighted by Crippen LogP contribution is 2.29. The number of allylic oxidation sites excluding steroid dienone is 1. The molecule has 0 amide bonds. The largest absolute Gasteiger partial charge is 0.494 e. The highest BCUT2D eigenvalue weighted by Gasteiger charge is 2.12. The molecule has 0 heterocycles. The second-order valence-corrected chi connectivity index (χ2v) is 6.84. The van der Waals surface area contributed by atoms with E-state index in [0.29, 0.717) is 46.9 Å². The van der Waals surface area contributed by atoms with Crippen LogP contribution in [-0.4, -0.2) is 13.2 Å². The first-order valence-corrected chi connectivity index (χ1v) is 9.37. The van der Waals surface area contributed by atoms with Crippen LogP contribution in [0.3, 0.4) is 0 Å². The number of hydrogen-bond acceptors (Lipinski definition) is 4. The van der Waals surface area contributed by atoms with E-state index in [4.69, 9.17) is 14.0 Å². The molecule has 0 spiro atoms. The molecule has 0 radical (unpaired) electrons. The molecule has 5 heteroatoms. The van der Waals surface area contributed by atoms with Gasteiger partial charge in [-0.25, -0.2) is 0 Å². The Kier molecular flexibility index (Phi) is 8.59. The van der Waals surface area contributed by atoms with Gasteiger partial charge in [-0.05, 0) is 44.0 Å². The summed E-state index contributed by atoms with van der Waals surface area (Å²) in [6, 6.07) is 5.28. The predicted octanol–water partition coefficient (Wildman–Crippen LogP) is 5.08. The van der Waals surface area contributed by atoms with Crippen LogP contribution in [0.5, 0.6) is 5.75 Å². The Morgan fingerprint density at radius 1 is 1.17 bits per heavy atom. The van der Waals surface area contributed by atoms with Crippen molar-refractivity contribution in [2.24, 2.45) is 0 Å². The van der Waals surface area contributed by atoms with Crippen LogP contribution in [0.4, 0.5) is 0 Å². The molecule has 132 valence electrons. The van der Waals surface area contributed by atoms with Crippen molar-refractivity contribution < 1.29 is 18.6 Å². The second kappa shape index (κ2) is 10.2. The van der Waals surface area contributed by atoms with Crippen molar-refractivity contribution in [3.63, 3.8) is 0 Å². The van der Waals surface area contributed by atoms with E-state index in [2.05, 4.69) is 26.7 Å². The summed E-state index contributed by atoms with van der Waals surface area (Å²) in [5.41, 5.74) is 1.39. The predicted molar refractivity (Wildman–Crippen MR) is 101 cm³/mol. The van der Waals surface area contributed by atoms with Gasteiger partial charge in [-0.15, -0.1) is 0 Å². The topological polar surface area (TPSA) is 44.8 Å². The van der Waals surface area contributed by atoms with Gasteiger partial charge in [0.05, 0.1) is 13.2 Å². The van der Waals surface area contributed by atoms with E-state index in [1.54, 1.807) is 25.1 Å². The molecule has 1 unspecified atom stereocenters. The molecule has 1 aromatic carbocycles. The second-order valence-electron chi connectivity index (χ2n) is 5.40. The van der Waals surface area contributed by atoms with Gasteiger partial charge in [0.1, 0.15) is 17.3 Å². The Bertz CT molecular complexity index is 634. The van der Waals surface area contributed by atoms with Gasteiger partial charge in [-0.1, -0.05) is 33.1 Å². The summed E-state index contributed by atoms with van der Waals surface area (Å²) in [6.07, 6.45) is 1.87. The van der Waals surface area contributed by atoms with Gasteiger partial charge < -0.3 is 14.0 Å². The number of hydrogen-bond donors (Lipinski definition) is 0. The van der Waals surface area contributed by atoms with Crippen LogP contribution < -0.4 is 10.0 Å². The van der Waals surface area contributed by atoms with Crippen molar-refractivity contribution in [3.05, 3.63) is 54.8 Å². The molecule has 0 N–H and O–H groups in total. The molecule has 1 rings (SSSR count). The van der Waals surface area contributed by atoms with Crippen LogP contribution in [0.1, 0.15) is 39.2 Å². The lowest BCUT2D eigenvalue weighted by Gasteiger charge is -2.14. The number of unbranched alkanes of at least 4 members (excludes halogenated alkanes) is 1. The van der Waals surface area contributed by atoms with Crippen LogP contribution in [0, 0.1) is 0 Å². The fourth-order valence-corrected chi connectivity index (χ4v) is 2.85. The Balaban J connectivity index is 3.02. The highest BCUT2D eigenvalue weighted by molar-refractivity contribution is 7.48. The smallest absolute Gasteiger partial charge is 0.220 e. The molecule has 24 heavy (non-hydrogen) atoms. The summed E-state index contributed by atoms with van der Waals surface area (Å²) in [6.45, 7) is 18.2. The summed E-state index contributed by atoms with van der Waals surface area (Å²) >= 11 is 0. The van der Waals surface area contributed by atoms with E-state index in [1.165, 1.54) is 0 Å². The van der Waals surface area contributed by atoms with E-state index in [-0.39, 0.29) is 0 Å². The zero-order valence-electron chi connectivity index (χ0n) is 14.8. The van der Waals surface area contributed by atoms with Crippen LogP contribution in [0.2, 0.25) is 0 Å². The van der Waals surface area contributed by atoms with Gasteiger partial charge in [0.15, 0.2) is 0 Å². The lowest BCUT2D eigenvalue weighted by atomic mass is 10.2. The SMILES string of the molecule is C=C(C)C(=C)OC(=C)c1cc(OCC)cc([PH](=O)OCCCC)c1. The number of rotatable bonds is 11. The summed E-state index contributed by atoms with van der Waals surface area (Å²) < 4.78 is 29.0. The Hall–Kier alpha value is -1.77. The zero-order chi connectivity index (χ0) is 18.1. The minimum atomic E-state index is -2.35. The quantitative estimate of drug-likeness (QED) is 0.242. The van der Waals surface area contributed by atoms with E-state index in [1.807, 2.05) is 6.92 Å². The minimum absolute atomic E-state index is 0.397. The summed E-state index contributed by atoms with van der Waals surface area (Å²) in [4.78, 5) is 0. The molecular formula is C19H27O4P. The fraction of sp³-hybridized carbons (Fsp3) is 0.368. The summed E-state index contributed by atoms with van der Waals surface area (Å²) in [7, 11) is -2.35. The fourth-order valence-electron chi connectivity index (χ4n) is 1.82. The highest BCUT2D eigenvalue weighted by atomic mass is 31.1. The Labute approximate surface area is 145 Å². The summed E-state index contributed by atoms with van der Waals surface area (Å²) in [5, 5.41) is 0.586. The monoisotopic (exact) mass is 350 g/mol. The van der Waals surface area contributed by atoms with Gasteiger partial charge in [0, 0.05) is 10.9 Å². The molecule has 0 aliphatic heterocycles. The van der Waals surface area contributed by atoms with Crippen molar-refractivity contribution in [3.8, 4) is 5.75 Å². The molecule has 0 fully saturated rings. The van der Waals surface area contributed by atoms with Crippen molar-refractivity contribution in [2.75, 3.05) is 13.2 Å². The number of ether oxygens (including phenoxy) is 2. The average Bonchev–Trinajstić information content (AvgIpc) is 2.54. The van der Waals surface area contributed by atoms with Crippen LogP contribution in [0.15, 0.2) is 49.3 Å². The van der Waals surface area contributed by atoms with Crippen molar-refractivity contribution in [1.29, 1.82) is 0 Å². The van der Waals surface area contributed by atoms with Gasteiger partial charge >= 0.3 is 0 Å². The lowest BCUT2D eigenvalue weighted by molar-refractivity contribution is 0.326. The van der Waals surface area contributed by atoms with Crippen molar-refractivity contribution in [2.45, 2.75) is 33.6 Å². The molecule has 4 nitrogen and oxygen atoms in total. The third kappa shape index (κ3) is 6.38. The molecule has 1 atom stereocenters. The minimum Gasteiger partial charge on any atom is -0.494 e. The van der Waals surface area contributed by atoms with Crippen LogP contribution in [0.25, 0.3) is 5.76 Å². The third-order valence-corrected chi connectivity index (χ3v) is 4.46. The maximum atomic E-state index is 12.4. The van der Waals surface area contributed by atoms with Crippen LogP contribution >= 0.6 is 8.03 Å². The molecule has 0 aromatic heterocycles. The molecular weight excluding hydrogens is 323 g/mol. The molecule has 1 aromatic rings. The summed E-state index contributed by atoms with van der Waals surface area (Å²) in [5.74, 6) is 1.44. The molecule has 0 aliphatic carbocycles. The molecule has 0 saturated carbocycles.